The van der Waals surface area contributed by atoms with Crippen LogP contribution < -0.4 is 15.8 Å². The van der Waals surface area contributed by atoms with Crippen molar-refractivity contribution in [3.05, 3.63) is 24.3 Å². The lowest BCUT2D eigenvalue weighted by molar-refractivity contribution is -0.117. The molecule has 0 aliphatic carbocycles. The lowest BCUT2D eigenvalue weighted by Gasteiger charge is -2.23. The van der Waals surface area contributed by atoms with Crippen LogP contribution in [0.1, 0.15) is 26.2 Å². The molecule has 1 unspecified atom stereocenters. The third-order valence-corrected chi connectivity index (χ3v) is 3.26. The van der Waals surface area contributed by atoms with E-state index in [4.69, 9.17) is 15.2 Å². The molecule has 21 heavy (non-hydrogen) atoms. The highest BCUT2D eigenvalue weighted by molar-refractivity contribution is 5.95. The number of hydrogen-bond donors (Lipinski definition) is 2. The predicted octanol–water partition coefficient (Wildman–Crippen LogP) is 2.34. The molecular formula is C15H23ClN2O3. The van der Waals surface area contributed by atoms with Crippen molar-refractivity contribution in [1.82, 2.24) is 0 Å². The fourth-order valence-corrected chi connectivity index (χ4v) is 2.06. The molecule has 1 fully saturated rings. The molecule has 0 saturated carbocycles. The Morgan fingerprint density at radius 1 is 1.48 bits per heavy atom. The van der Waals surface area contributed by atoms with Crippen LogP contribution in [-0.4, -0.2) is 31.3 Å². The Balaban J connectivity index is 0.00000220. The number of nitrogens with two attached hydrogens (primary N) is 1. The number of ether oxygens (including phenoxy) is 2. The Kier molecular flexibility index (Phi) is 7.50. The summed E-state index contributed by atoms with van der Waals surface area (Å²) in [6.45, 7) is 2.96. The summed E-state index contributed by atoms with van der Waals surface area (Å²) < 4.78 is 11.4. The number of rotatable bonds is 5. The van der Waals surface area contributed by atoms with Crippen molar-refractivity contribution in [2.75, 3.05) is 18.5 Å². The smallest absolute Gasteiger partial charge is 0.241 e. The summed E-state index contributed by atoms with van der Waals surface area (Å²) in [5.74, 6) is 0.422. The van der Waals surface area contributed by atoms with Crippen LogP contribution in [0.2, 0.25) is 0 Å². The first-order valence-electron chi connectivity index (χ1n) is 7.06. The molecule has 1 aromatic rings. The lowest BCUT2D eigenvalue weighted by Crippen LogP contribution is -2.32. The van der Waals surface area contributed by atoms with E-state index in [1.165, 1.54) is 6.42 Å². The van der Waals surface area contributed by atoms with E-state index < -0.39 is 6.04 Å². The molecule has 2 rings (SSSR count). The van der Waals surface area contributed by atoms with Gasteiger partial charge in [-0.3, -0.25) is 4.79 Å². The number of anilines is 1. The number of benzene rings is 1. The molecule has 118 valence electrons. The van der Waals surface area contributed by atoms with Crippen molar-refractivity contribution >= 4 is 24.0 Å². The number of carbonyl (C=O) groups excluding carboxylic acids is 1. The molecule has 1 aliphatic heterocycles. The second kappa shape index (κ2) is 8.87. The van der Waals surface area contributed by atoms with Crippen LogP contribution in [0.3, 0.4) is 0 Å². The summed E-state index contributed by atoms with van der Waals surface area (Å²) in [4.78, 5) is 11.7. The highest BCUT2D eigenvalue weighted by atomic mass is 35.5. The Hall–Kier alpha value is -1.30. The summed E-state index contributed by atoms with van der Waals surface area (Å²) >= 11 is 0. The summed E-state index contributed by atoms with van der Waals surface area (Å²) in [7, 11) is 0. The summed E-state index contributed by atoms with van der Waals surface area (Å²) in [6.07, 6.45) is 3.46. The zero-order chi connectivity index (χ0) is 14.4. The van der Waals surface area contributed by atoms with Gasteiger partial charge in [-0.1, -0.05) is 12.1 Å². The second-order valence-electron chi connectivity index (χ2n) is 5.07. The van der Waals surface area contributed by atoms with Gasteiger partial charge < -0.3 is 20.5 Å². The number of carbonyl (C=O) groups is 1. The summed E-state index contributed by atoms with van der Waals surface area (Å²) in [6, 6.07) is 6.81. The quantitative estimate of drug-likeness (QED) is 0.875. The Bertz CT molecular complexity index is 448. The van der Waals surface area contributed by atoms with Gasteiger partial charge in [-0.05, 0) is 38.3 Å². The first kappa shape index (κ1) is 17.8. The average Bonchev–Trinajstić information content (AvgIpc) is 2.47. The van der Waals surface area contributed by atoms with Crippen molar-refractivity contribution in [3.63, 3.8) is 0 Å². The van der Waals surface area contributed by atoms with E-state index in [0.29, 0.717) is 18.0 Å². The van der Waals surface area contributed by atoms with E-state index in [-0.39, 0.29) is 24.4 Å². The van der Waals surface area contributed by atoms with Crippen molar-refractivity contribution in [2.45, 2.75) is 38.3 Å². The molecule has 1 saturated heterocycles. The van der Waals surface area contributed by atoms with Crippen LogP contribution in [0.15, 0.2) is 24.3 Å². The maximum absolute atomic E-state index is 11.7. The number of hydrogen-bond acceptors (Lipinski definition) is 4. The van der Waals surface area contributed by atoms with Gasteiger partial charge in [0.05, 0.1) is 17.8 Å². The van der Waals surface area contributed by atoms with Gasteiger partial charge in [0.2, 0.25) is 5.91 Å². The largest absolute Gasteiger partial charge is 0.489 e. The standard InChI is InChI=1S/C15H22N2O3.ClH/c1-11(16)15(18)17-13-7-2-3-8-14(13)20-10-12-6-4-5-9-19-12;/h2-3,7-8,11-12H,4-6,9-10,16H2,1H3,(H,17,18);1H/t11-,12?;/m0./s1. The van der Waals surface area contributed by atoms with Gasteiger partial charge in [-0.25, -0.2) is 0 Å². The van der Waals surface area contributed by atoms with Crippen molar-refractivity contribution < 1.29 is 14.3 Å². The van der Waals surface area contributed by atoms with E-state index in [0.717, 1.165) is 19.4 Å². The SMILES string of the molecule is C[C@H](N)C(=O)Nc1ccccc1OCC1CCCCO1.Cl. The number of amides is 1. The van der Waals surface area contributed by atoms with Crippen molar-refractivity contribution in [3.8, 4) is 5.75 Å². The molecule has 3 N–H and O–H groups in total. The van der Waals surface area contributed by atoms with Crippen molar-refractivity contribution in [2.24, 2.45) is 5.73 Å². The zero-order valence-corrected chi connectivity index (χ0v) is 13.0. The van der Waals surface area contributed by atoms with Gasteiger partial charge in [0.25, 0.3) is 0 Å². The maximum atomic E-state index is 11.7. The van der Waals surface area contributed by atoms with Gasteiger partial charge in [0.15, 0.2) is 0 Å². The molecule has 5 nitrogen and oxygen atoms in total. The van der Waals surface area contributed by atoms with Crippen LogP contribution >= 0.6 is 12.4 Å². The van der Waals surface area contributed by atoms with Gasteiger partial charge in [-0.15, -0.1) is 12.4 Å². The van der Waals surface area contributed by atoms with Gasteiger partial charge >= 0.3 is 0 Å². The highest BCUT2D eigenvalue weighted by Gasteiger charge is 2.16. The Labute approximate surface area is 131 Å². The Morgan fingerprint density at radius 3 is 2.90 bits per heavy atom. The molecule has 6 heteroatoms. The fraction of sp³-hybridized carbons (Fsp3) is 0.533. The average molecular weight is 315 g/mol. The van der Waals surface area contributed by atoms with Crippen LogP contribution in [0.5, 0.6) is 5.75 Å². The first-order chi connectivity index (χ1) is 9.66. The van der Waals surface area contributed by atoms with E-state index >= 15 is 0 Å². The Morgan fingerprint density at radius 2 is 2.24 bits per heavy atom. The minimum absolute atomic E-state index is 0. The van der Waals surface area contributed by atoms with E-state index in [9.17, 15) is 4.79 Å². The molecule has 0 bridgehead atoms. The molecule has 1 heterocycles. The van der Waals surface area contributed by atoms with Crippen LogP contribution in [0, 0.1) is 0 Å². The molecule has 0 spiro atoms. The topological polar surface area (TPSA) is 73.6 Å². The van der Waals surface area contributed by atoms with E-state index in [1.807, 2.05) is 18.2 Å². The van der Waals surface area contributed by atoms with E-state index in [1.54, 1.807) is 13.0 Å². The number of nitrogens with one attached hydrogen (secondary N) is 1. The predicted molar refractivity (Wildman–Crippen MR) is 85.1 cm³/mol. The normalized spacial score (nSPS) is 19.2. The summed E-state index contributed by atoms with van der Waals surface area (Å²) in [5.41, 5.74) is 6.20. The van der Waals surface area contributed by atoms with Crippen LogP contribution in [0.4, 0.5) is 5.69 Å². The van der Waals surface area contributed by atoms with Gasteiger partial charge in [0.1, 0.15) is 12.4 Å². The van der Waals surface area contributed by atoms with Gasteiger partial charge in [0, 0.05) is 6.61 Å². The molecule has 1 amide bonds. The molecule has 2 atom stereocenters. The van der Waals surface area contributed by atoms with Gasteiger partial charge in [-0.2, -0.15) is 0 Å². The minimum atomic E-state index is -0.551. The van der Waals surface area contributed by atoms with Crippen LogP contribution in [0.25, 0.3) is 0 Å². The first-order valence-corrected chi connectivity index (χ1v) is 7.06. The molecule has 1 aliphatic rings. The number of para-hydroxylation sites is 2. The monoisotopic (exact) mass is 314 g/mol. The van der Waals surface area contributed by atoms with E-state index in [2.05, 4.69) is 5.32 Å². The maximum Gasteiger partial charge on any atom is 0.241 e. The third kappa shape index (κ3) is 5.53. The third-order valence-electron chi connectivity index (χ3n) is 3.26. The molecule has 1 aromatic carbocycles. The number of halogens is 1. The zero-order valence-electron chi connectivity index (χ0n) is 12.2. The molecular weight excluding hydrogens is 292 g/mol. The minimum Gasteiger partial charge on any atom is -0.489 e. The molecule has 0 aromatic heterocycles. The summed E-state index contributed by atoms with van der Waals surface area (Å²) in [5, 5.41) is 2.77. The highest BCUT2D eigenvalue weighted by Crippen LogP contribution is 2.25. The van der Waals surface area contributed by atoms with Crippen molar-refractivity contribution in [1.29, 1.82) is 0 Å². The molecule has 0 radical (unpaired) electrons. The second-order valence-corrected chi connectivity index (χ2v) is 5.07. The van der Waals surface area contributed by atoms with Crippen LogP contribution in [-0.2, 0) is 9.53 Å². The lowest BCUT2D eigenvalue weighted by atomic mass is 10.1. The fourth-order valence-electron chi connectivity index (χ4n) is 2.06.